The highest BCUT2D eigenvalue weighted by Gasteiger charge is 2.43. The highest BCUT2D eigenvalue weighted by molar-refractivity contribution is 8.00. The van der Waals surface area contributed by atoms with E-state index in [2.05, 4.69) is 0 Å². The first-order valence-electron chi connectivity index (χ1n) is 4.41. The predicted molar refractivity (Wildman–Crippen MR) is 52.2 cm³/mol. The van der Waals surface area contributed by atoms with Crippen molar-refractivity contribution in [2.75, 3.05) is 6.61 Å². The molecule has 6 heteroatoms. The summed E-state index contributed by atoms with van der Waals surface area (Å²) < 4.78 is 37.4. The number of nitrogens with two attached hydrogens (primary N) is 1. The molecule has 14 heavy (non-hydrogen) atoms. The number of rotatable bonds is 5. The lowest BCUT2D eigenvalue weighted by Crippen LogP contribution is -2.43. The number of hydrogen-bond acceptors (Lipinski definition) is 3. The third kappa shape index (κ3) is 4.52. The van der Waals surface area contributed by atoms with Crippen molar-refractivity contribution in [3.05, 3.63) is 0 Å². The number of halogens is 3. The van der Waals surface area contributed by atoms with E-state index in [1.54, 1.807) is 13.8 Å². The van der Waals surface area contributed by atoms with Gasteiger partial charge in [0.25, 0.3) is 0 Å². The molecule has 0 radical (unpaired) electrons. The van der Waals surface area contributed by atoms with Crippen LogP contribution >= 0.6 is 11.8 Å². The second-order valence-corrected chi connectivity index (χ2v) is 4.75. The van der Waals surface area contributed by atoms with Crippen molar-refractivity contribution in [3.63, 3.8) is 0 Å². The minimum atomic E-state index is -4.30. The van der Waals surface area contributed by atoms with E-state index in [9.17, 15) is 13.2 Å². The monoisotopic (exact) mass is 231 g/mol. The molecular weight excluding hydrogens is 215 g/mol. The summed E-state index contributed by atoms with van der Waals surface area (Å²) in [6.45, 7) is 2.90. The standard InChI is InChI=1S/C8H16F3NOS/c1-3-6(12)7(8(9,10)11)14-5(2)4-13/h5-7,13H,3-4,12H2,1-2H3. The third-order valence-electron chi connectivity index (χ3n) is 1.82. The molecule has 3 unspecified atom stereocenters. The Bertz CT molecular complexity index is 165. The Morgan fingerprint density at radius 2 is 1.93 bits per heavy atom. The van der Waals surface area contributed by atoms with Crippen molar-refractivity contribution < 1.29 is 18.3 Å². The van der Waals surface area contributed by atoms with Crippen LogP contribution in [0.1, 0.15) is 20.3 Å². The zero-order valence-electron chi connectivity index (χ0n) is 8.21. The molecule has 0 aliphatic rings. The van der Waals surface area contributed by atoms with Gasteiger partial charge in [0, 0.05) is 11.3 Å². The van der Waals surface area contributed by atoms with E-state index in [1.807, 2.05) is 0 Å². The fourth-order valence-corrected chi connectivity index (χ4v) is 2.06. The lowest BCUT2D eigenvalue weighted by Gasteiger charge is -2.26. The van der Waals surface area contributed by atoms with Crippen LogP contribution in [0.2, 0.25) is 0 Å². The molecule has 0 rings (SSSR count). The molecule has 0 bridgehead atoms. The third-order valence-corrected chi connectivity index (χ3v) is 3.34. The van der Waals surface area contributed by atoms with E-state index in [-0.39, 0.29) is 13.0 Å². The van der Waals surface area contributed by atoms with E-state index in [1.165, 1.54) is 0 Å². The maximum absolute atomic E-state index is 12.5. The first kappa shape index (κ1) is 14.1. The van der Waals surface area contributed by atoms with E-state index in [0.717, 1.165) is 0 Å². The summed E-state index contributed by atoms with van der Waals surface area (Å²) in [5.74, 6) is 0. The maximum atomic E-state index is 12.5. The molecule has 3 atom stereocenters. The Morgan fingerprint density at radius 1 is 1.43 bits per heavy atom. The molecule has 0 aromatic heterocycles. The molecule has 0 aromatic rings. The van der Waals surface area contributed by atoms with Gasteiger partial charge in [-0.05, 0) is 6.42 Å². The van der Waals surface area contributed by atoms with Crippen LogP contribution in [0, 0.1) is 0 Å². The highest BCUT2D eigenvalue weighted by atomic mass is 32.2. The smallest absolute Gasteiger partial charge is 0.395 e. The highest BCUT2D eigenvalue weighted by Crippen LogP contribution is 2.35. The first-order valence-corrected chi connectivity index (χ1v) is 5.35. The maximum Gasteiger partial charge on any atom is 0.402 e. The quantitative estimate of drug-likeness (QED) is 0.758. The molecule has 0 aliphatic carbocycles. The topological polar surface area (TPSA) is 46.2 Å². The molecule has 0 saturated heterocycles. The zero-order valence-corrected chi connectivity index (χ0v) is 9.03. The Morgan fingerprint density at radius 3 is 2.21 bits per heavy atom. The molecule has 0 saturated carbocycles. The lowest BCUT2D eigenvalue weighted by molar-refractivity contribution is -0.132. The lowest BCUT2D eigenvalue weighted by atomic mass is 10.1. The Hall–Kier alpha value is 0.0600. The van der Waals surface area contributed by atoms with Gasteiger partial charge >= 0.3 is 6.18 Å². The minimum absolute atomic E-state index is 0.270. The molecule has 0 fully saturated rings. The van der Waals surface area contributed by atoms with Crippen molar-refractivity contribution in [2.24, 2.45) is 5.73 Å². The molecule has 0 aromatic carbocycles. The average Bonchev–Trinajstić information content (AvgIpc) is 2.10. The fourth-order valence-electron chi connectivity index (χ4n) is 0.928. The van der Waals surface area contributed by atoms with Crippen LogP contribution in [-0.2, 0) is 0 Å². The Kier molecular flexibility index (Phi) is 5.85. The fraction of sp³-hybridized carbons (Fsp3) is 1.00. The average molecular weight is 231 g/mol. The summed E-state index contributed by atoms with van der Waals surface area (Å²) in [5.41, 5.74) is 5.38. The van der Waals surface area contributed by atoms with Crippen LogP contribution in [0.5, 0.6) is 0 Å². The van der Waals surface area contributed by atoms with Gasteiger partial charge in [0.05, 0.1) is 6.61 Å². The van der Waals surface area contributed by atoms with E-state index < -0.39 is 22.7 Å². The van der Waals surface area contributed by atoms with Crippen molar-refractivity contribution in [1.29, 1.82) is 0 Å². The van der Waals surface area contributed by atoms with Crippen molar-refractivity contribution in [2.45, 2.75) is 43.0 Å². The number of alkyl halides is 3. The van der Waals surface area contributed by atoms with Gasteiger partial charge in [-0.2, -0.15) is 13.2 Å². The largest absolute Gasteiger partial charge is 0.402 e. The van der Waals surface area contributed by atoms with Gasteiger partial charge in [-0.15, -0.1) is 11.8 Å². The van der Waals surface area contributed by atoms with Gasteiger partial charge < -0.3 is 10.8 Å². The zero-order chi connectivity index (χ0) is 11.4. The van der Waals surface area contributed by atoms with Crippen molar-refractivity contribution in [3.8, 4) is 0 Å². The Balaban J connectivity index is 4.41. The Labute approximate surface area is 86.0 Å². The van der Waals surface area contributed by atoms with E-state index >= 15 is 0 Å². The second-order valence-electron chi connectivity index (χ2n) is 3.16. The summed E-state index contributed by atoms with van der Waals surface area (Å²) in [6.07, 6.45) is -4.03. The molecule has 0 aliphatic heterocycles. The summed E-state index contributed by atoms with van der Waals surface area (Å²) in [5, 5.41) is 6.64. The number of aliphatic hydroxyl groups is 1. The number of thioether (sulfide) groups is 1. The van der Waals surface area contributed by atoms with Gasteiger partial charge in [0.2, 0.25) is 0 Å². The van der Waals surface area contributed by atoms with Gasteiger partial charge in [-0.3, -0.25) is 0 Å². The van der Waals surface area contributed by atoms with Crippen LogP contribution in [0.15, 0.2) is 0 Å². The van der Waals surface area contributed by atoms with Crippen molar-refractivity contribution in [1.82, 2.24) is 0 Å². The SMILES string of the molecule is CCC(N)C(SC(C)CO)C(F)(F)F. The summed E-state index contributed by atoms with van der Waals surface area (Å²) in [4.78, 5) is 0. The molecule has 0 amide bonds. The van der Waals surface area contributed by atoms with Gasteiger partial charge in [0.1, 0.15) is 5.25 Å². The van der Waals surface area contributed by atoms with Crippen LogP contribution in [-0.4, -0.2) is 34.4 Å². The molecular formula is C8H16F3NOS. The van der Waals surface area contributed by atoms with E-state index in [4.69, 9.17) is 10.8 Å². The summed E-state index contributed by atoms with van der Waals surface area (Å²) in [7, 11) is 0. The van der Waals surface area contributed by atoms with Crippen LogP contribution in [0.4, 0.5) is 13.2 Å². The first-order chi connectivity index (χ1) is 6.32. The molecule has 86 valence electrons. The van der Waals surface area contributed by atoms with Gasteiger partial charge in [-0.1, -0.05) is 13.8 Å². The summed E-state index contributed by atoms with van der Waals surface area (Å²) in [6, 6.07) is -0.908. The van der Waals surface area contributed by atoms with Crippen molar-refractivity contribution >= 4 is 11.8 Å². The van der Waals surface area contributed by atoms with Gasteiger partial charge in [0.15, 0.2) is 0 Å². The molecule has 0 heterocycles. The second kappa shape index (κ2) is 5.82. The number of aliphatic hydroxyl groups excluding tert-OH is 1. The normalized spacial score (nSPS) is 19.1. The van der Waals surface area contributed by atoms with Crippen LogP contribution < -0.4 is 5.73 Å². The van der Waals surface area contributed by atoms with Crippen LogP contribution in [0.3, 0.4) is 0 Å². The van der Waals surface area contributed by atoms with Gasteiger partial charge in [-0.25, -0.2) is 0 Å². The number of hydrogen-bond donors (Lipinski definition) is 2. The molecule has 3 N–H and O–H groups in total. The van der Waals surface area contributed by atoms with Crippen LogP contribution in [0.25, 0.3) is 0 Å². The minimum Gasteiger partial charge on any atom is -0.395 e. The van der Waals surface area contributed by atoms with E-state index in [0.29, 0.717) is 11.8 Å². The summed E-state index contributed by atoms with van der Waals surface area (Å²) >= 11 is 0.684. The molecule has 2 nitrogen and oxygen atoms in total. The molecule has 0 spiro atoms. The predicted octanol–water partition coefficient (Wildman–Crippen LogP) is 1.77.